The molecule has 1 fully saturated rings. The van der Waals surface area contributed by atoms with Gasteiger partial charge in [0.1, 0.15) is 5.75 Å². The summed E-state index contributed by atoms with van der Waals surface area (Å²) in [5.74, 6) is 0.491. The molecule has 3 aromatic carbocycles. The lowest BCUT2D eigenvalue weighted by atomic mass is 10.0. The van der Waals surface area contributed by atoms with E-state index in [9.17, 15) is 9.59 Å². The molecule has 7 heteroatoms. The highest BCUT2D eigenvalue weighted by Crippen LogP contribution is 2.31. The molecule has 1 aromatic heterocycles. The Kier molecular flexibility index (Phi) is 6.59. The van der Waals surface area contributed by atoms with Crippen molar-refractivity contribution >= 4 is 16.7 Å². The lowest BCUT2D eigenvalue weighted by molar-refractivity contribution is 0.0932. The molecule has 2 heterocycles. The molecular formula is C28H28N4O3. The number of likely N-dealkylation sites (tertiary alicyclic amines) is 1. The third kappa shape index (κ3) is 4.55. The second-order valence-electron chi connectivity index (χ2n) is 8.66. The minimum Gasteiger partial charge on any atom is -0.496 e. The molecule has 1 saturated heterocycles. The lowest BCUT2D eigenvalue weighted by Crippen LogP contribution is -2.38. The summed E-state index contributed by atoms with van der Waals surface area (Å²) in [5.41, 5.74) is 1.63. The van der Waals surface area contributed by atoms with Crippen LogP contribution < -0.4 is 15.6 Å². The van der Waals surface area contributed by atoms with E-state index in [1.54, 1.807) is 37.4 Å². The van der Waals surface area contributed by atoms with Gasteiger partial charge >= 0.3 is 0 Å². The first-order valence-corrected chi connectivity index (χ1v) is 11.9. The van der Waals surface area contributed by atoms with E-state index in [0.29, 0.717) is 23.0 Å². The van der Waals surface area contributed by atoms with Crippen LogP contribution in [0.1, 0.15) is 34.9 Å². The maximum Gasteiger partial charge on any atom is 0.279 e. The van der Waals surface area contributed by atoms with Gasteiger partial charge in [-0.1, -0.05) is 54.6 Å². The van der Waals surface area contributed by atoms with Crippen LogP contribution in [-0.4, -0.2) is 47.3 Å². The predicted octanol–water partition coefficient (Wildman–Crippen LogP) is 3.96. The standard InChI is InChI=1S/C28H28N4O3/c1-35-25-16-8-7-15-23(25)24(31-17-9-10-18-31)19-29-27(33)26-21-13-5-6-14-22(21)28(34)32(30-26)20-11-3-2-4-12-20/h2-8,11-16,24H,9-10,17-19H2,1H3,(H,29,33)/t24-/m1/s1. The number of rotatable bonds is 7. The summed E-state index contributed by atoms with van der Waals surface area (Å²) in [6, 6.07) is 24.2. The molecule has 35 heavy (non-hydrogen) atoms. The van der Waals surface area contributed by atoms with Gasteiger partial charge in [-0.3, -0.25) is 14.5 Å². The predicted molar refractivity (Wildman–Crippen MR) is 136 cm³/mol. The first-order valence-electron chi connectivity index (χ1n) is 11.9. The average Bonchev–Trinajstić information content (AvgIpc) is 3.44. The minimum atomic E-state index is -0.315. The first kappa shape index (κ1) is 22.8. The molecule has 5 rings (SSSR count). The van der Waals surface area contributed by atoms with Crippen molar-refractivity contribution < 1.29 is 9.53 Å². The van der Waals surface area contributed by atoms with Crippen LogP contribution in [0.2, 0.25) is 0 Å². The summed E-state index contributed by atoms with van der Waals surface area (Å²) in [6.45, 7) is 2.34. The average molecular weight is 469 g/mol. The Balaban J connectivity index is 1.50. The molecule has 1 aliphatic heterocycles. The van der Waals surface area contributed by atoms with Crippen LogP contribution in [0, 0.1) is 0 Å². The quantitative estimate of drug-likeness (QED) is 0.444. The van der Waals surface area contributed by atoms with Gasteiger partial charge in [0.2, 0.25) is 0 Å². The zero-order valence-corrected chi connectivity index (χ0v) is 19.7. The Hall–Kier alpha value is -3.97. The number of nitrogens with one attached hydrogen (secondary N) is 1. The van der Waals surface area contributed by atoms with E-state index in [-0.39, 0.29) is 23.2 Å². The Morgan fingerprint density at radius 2 is 1.60 bits per heavy atom. The number of amides is 1. The smallest absolute Gasteiger partial charge is 0.279 e. The van der Waals surface area contributed by atoms with Crippen LogP contribution in [0.4, 0.5) is 0 Å². The molecule has 0 aliphatic carbocycles. The zero-order valence-electron chi connectivity index (χ0n) is 19.7. The van der Waals surface area contributed by atoms with Gasteiger partial charge in [-0.2, -0.15) is 9.78 Å². The Labute approximate surface area is 204 Å². The summed E-state index contributed by atoms with van der Waals surface area (Å²) in [7, 11) is 1.67. The number of hydrogen-bond donors (Lipinski definition) is 1. The summed E-state index contributed by atoms with van der Waals surface area (Å²) in [6.07, 6.45) is 2.27. The van der Waals surface area contributed by atoms with Crippen molar-refractivity contribution in [3.63, 3.8) is 0 Å². The molecule has 0 spiro atoms. The van der Waals surface area contributed by atoms with Crippen LogP contribution in [0.3, 0.4) is 0 Å². The fraction of sp³-hybridized carbons (Fsp3) is 0.250. The van der Waals surface area contributed by atoms with Gasteiger partial charge in [-0.25, -0.2) is 0 Å². The number of fused-ring (bicyclic) bond motifs is 1. The molecule has 178 valence electrons. The van der Waals surface area contributed by atoms with E-state index in [1.165, 1.54) is 4.68 Å². The molecule has 1 amide bonds. The van der Waals surface area contributed by atoms with Crippen LogP contribution in [0.25, 0.3) is 16.5 Å². The van der Waals surface area contributed by atoms with Crippen LogP contribution in [-0.2, 0) is 0 Å². The topological polar surface area (TPSA) is 76.5 Å². The summed E-state index contributed by atoms with van der Waals surface area (Å²) < 4.78 is 6.92. The Morgan fingerprint density at radius 1 is 0.943 bits per heavy atom. The molecular weight excluding hydrogens is 440 g/mol. The van der Waals surface area contributed by atoms with Crippen molar-refractivity contribution in [3.8, 4) is 11.4 Å². The van der Waals surface area contributed by atoms with Gasteiger partial charge in [0.25, 0.3) is 11.5 Å². The number of methoxy groups -OCH3 is 1. The molecule has 1 aliphatic rings. The summed E-state index contributed by atoms with van der Waals surface area (Å²) >= 11 is 0. The molecule has 4 aromatic rings. The van der Waals surface area contributed by atoms with E-state index in [1.807, 2.05) is 42.5 Å². The highest BCUT2D eigenvalue weighted by Gasteiger charge is 2.27. The molecule has 0 radical (unpaired) electrons. The largest absolute Gasteiger partial charge is 0.496 e. The number of carbonyl (C=O) groups excluding carboxylic acids is 1. The zero-order chi connectivity index (χ0) is 24.2. The summed E-state index contributed by atoms with van der Waals surface area (Å²) in [4.78, 5) is 29.1. The highest BCUT2D eigenvalue weighted by molar-refractivity contribution is 6.04. The van der Waals surface area contributed by atoms with Crippen LogP contribution in [0.5, 0.6) is 5.75 Å². The van der Waals surface area contributed by atoms with Crippen molar-refractivity contribution in [2.24, 2.45) is 0 Å². The first-order chi connectivity index (χ1) is 17.2. The number of nitrogens with zero attached hydrogens (tertiary/aromatic N) is 3. The van der Waals surface area contributed by atoms with Crippen molar-refractivity contribution in [1.82, 2.24) is 20.0 Å². The van der Waals surface area contributed by atoms with E-state index in [4.69, 9.17) is 4.74 Å². The van der Waals surface area contributed by atoms with Gasteiger partial charge in [-0.05, 0) is 50.2 Å². The van der Waals surface area contributed by atoms with Crippen LogP contribution >= 0.6 is 0 Å². The van der Waals surface area contributed by atoms with Gasteiger partial charge in [0, 0.05) is 17.5 Å². The SMILES string of the molecule is COc1ccccc1[C@@H](CNC(=O)c1nn(-c2ccccc2)c(=O)c2ccccc12)N1CCCC1. The van der Waals surface area contributed by atoms with Crippen molar-refractivity contribution in [2.45, 2.75) is 18.9 Å². The maximum absolute atomic E-state index is 13.5. The summed E-state index contributed by atoms with van der Waals surface area (Å²) in [5, 5.41) is 8.60. The second kappa shape index (κ2) is 10.1. The van der Waals surface area contributed by atoms with Crippen molar-refractivity contribution in [1.29, 1.82) is 0 Å². The fourth-order valence-electron chi connectivity index (χ4n) is 4.81. The maximum atomic E-state index is 13.5. The molecule has 1 atom stereocenters. The Morgan fingerprint density at radius 3 is 2.34 bits per heavy atom. The fourth-order valence-corrected chi connectivity index (χ4v) is 4.81. The highest BCUT2D eigenvalue weighted by atomic mass is 16.5. The second-order valence-corrected chi connectivity index (χ2v) is 8.66. The molecule has 0 saturated carbocycles. The van der Waals surface area contributed by atoms with Gasteiger partial charge in [-0.15, -0.1) is 0 Å². The van der Waals surface area contributed by atoms with Crippen molar-refractivity contribution in [3.05, 3.63) is 100 Å². The molecule has 1 N–H and O–H groups in total. The van der Waals surface area contributed by atoms with Gasteiger partial charge in [0.05, 0.1) is 24.2 Å². The third-order valence-corrected chi connectivity index (χ3v) is 6.56. The number of aromatic nitrogens is 2. The Bertz CT molecular complexity index is 1390. The van der Waals surface area contributed by atoms with E-state index in [0.717, 1.165) is 37.2 Å². The number of para-hydroxylation sites is 2. The number of hydrogen-bond acceptors (Lipinski definition) is 5. The number of ether oxygens (including phenoxy) is 1. The number of benzene rings is 3. The minimum absolute atomic E-state index is 0.0242. The van der Waals surface area contributed by atoms with E-state index in [2.05, 4.69) is 21.4 Å². The molecule has 0 unspecified atom stereocenters. The lowest BCUT2D eigenvalue weighted by Gasteiger charge is -2.29. The van der Waals surface area contributed by atoms with E-state index >= 15 is 0 Å². The number of carbonyl (C=O) groups is 1. The monoisotopic (exact) mass is 468 g/mol. The van der Waals surface area contributed by atoms with Crippen molar-refractivity contribution in [2.75, 3.05) is 26.7 Å². The van der Waals surface area contributed by atoms with Crippen LogP contribution in [0.15, 0.2) is 83.7 Å². The molecule has 0 bridgehead atoms. The normalized spacial score (nSPS) is 14.7. The van der Waals surface area contributed by atoms with Gasteiger partial charge < -0.3 is 10.1 Å². The van der Waals surface area contributed by atoms with E-state index < -0.39 is 0 Å². The molecule has 7 nitrogen and oxygen atoms in total. The van der Waals surface area contributed by atoms with Gasteiger partial charge in [0.15, 0.2) is 5.69 Å². The third-order valence-electron chi connectivity index (χ3n) is 6.56.